The first-order valence-corrected chi connectivity index (χ1v) is 15.4. The number of allylic oxidation sites excluding steroid dienone is 1. The van der Waals surface area contributed by atoms with Gasteiger partial charge < -0.3 is 26.4 Å². The molecular formula is C32H55N3O6. The summed E-state index contributed by atoms with van der Waals surface area (Å²) in [6, 6.07) is 0. The highest BCUT2D eigenvalue weighted by molar-refractivity contribution is 5.68. The topological polar surface area (TPSA) is 165 Å². The van der Waals surface area contributed by atoms with Crippen LogP contribution in [0.3, 0.4) is 0 Å². The van der Waals surface area contributed by atoms with E-state index < -0.39 is 12.2 Å². The summed E-state index contributed by atoms with van der Waals surface area (Å²) < 4.78 is 5.67. The van der Waals surface area contributed by atoms with Crippen molar-refractivity contribution < 1.29 is 29.3 Å². The smallest absolute Gasteiger partial charge is 0.411 e. The van der Waals surface area contributed by atoms with E-state index in [2.05, 4.69) is 64.1 Å². The van der Waals surface area contributed by atoms with Gasteiger partial charge in [-0.1, -0.05) is 72.1 Å². The number of hydrogen-bond acceptors (Lipinski definition) is 4. The molecule has 9 heteroatoms. The molecule has 0 aliphatic heterocycles. The van der Waals surface area contributed by atoms with Crippen molar-refractivity contribution in [3.63, 3.8) is 0 Å². The Labute approximate surface area is 246 Å². The summed E-state index contributed by atoms with van der Waals surface area (Å²) >= 11 is 0. The number of carboxylic acid groups (broad SMARTS) is 2. The van der Waals surface area contributed by atoms with E-state index >= 15 is 0 Å². The minimum absolute atomic E-state index is 0.0113. The fraction of sp³-hybridized carbons (Fsp3) is 0.781. The monoisotopic (exact) mass is 577 g/mol. The molecule has 0 aromatic heterocycles. The molecule has 3 saturated carbocycles. The predicted octanol–water partition coefficient (Wildman–Crippen LogP) is 7.51. The maximum Gasteiger partial charge on any atom is 0.411 e. The molecule has 0 radical (unpaired) electrons. The van der Waals surface area contributed by atoms with Crippen molar-refractivity contribution in [3.05, 3.63) is 24.4 Å². The van der Waals surface area contributed by atoms with E-state index in [1.54, 1.807) is 5.57 Å². The average Bonchev–Trinajstić information content (AvgIpc) is 3.21. The van der Waals surface area contributed by atoms with E-state index in [0.29, 0.717) is 10.8 Å². The highest BCUT2D eigenvalue weighted by atomic mass is 16.6. The number of carbonyl (C=O) groups is 3. The van der Waals surface area contributed by atoms with Gasteiger partial charge in [-0.05, 0) is 97.5 Å². The van der Waals surface area contributed by atoms with Crippen molar-refractivity contribution in [2.45, 2.75) is 111 Å². The van der Waals surface area contributed by atoms with Crippen LogP contribution in [0.5, 0.6) is 0 Å². The van der Waals surface area contributed by atoms with Gasteiger partial charge in [-0.3, -0.25) is 5.32 Å². The van der Waals surface area contributed by atoms with Crippen LogP contribution in [-0.4, -0.2) is 34.6 Å². The van der Waals surface area contributed by atoms with Crippen LogP contribution >= 0.6 is 0 Å². The molecule has 41 heavy (non-hydrogen) atoms. The molecule has 0 bridgehead atoms. The van der Waals surface area contributed by atoms with Crippen LogP contribution in [-0.2, 0) is 4.74 Å². The minimum atomic E-state index is -1.33. The third kappa shape index (κ3) is 8.89. The fourth-order valence-electron chi connectivity index (χ4n) is 9.02. The standard InChI is InChI=1S/C30H49NO2.2CH3NO2/c1-7-31-28(32)33-23-15-17-29(5)22(19-23)11-12-24-26-14-13-25(21(4)10-8-9-20(2)3)30(26,6)18-16-27(24)29;2*2-1(3)4/h7,11,20-21,23-27H,1,8-10,12-19H2,2-6H3,(H,31,32);2*2H2,(H,3,4)/t21-,23?,24?,25-,26?,27?,29+,30-;;/m1../s1. The Hall–Kier alpha value is -2.71. The van der Waals surface area contributed by atoms with Crippen LogP contribution in [0, 0.1) is 46.3 Å². The molecule has 0 aromatic carbocycles. The average molecular weight is 578 g/mol. The third-order valence-corrected chi connectivity index (χ3v) is 10.8. The lowest BCUT2D eigenvalue weighted by Gasteiger charge is -2.58. The van der Waals surface area contributed by atoms with E-state index in [4.69, 9.17) is 24.5 Å². The Balaban J connectivity index is 0.000000653. The van der Waals surface area contributed by atoms with Crippen LogP contribution in [0.1, 0.15) is 105 Å². The number of fused-ring (bicyclic) bond motifs is 5. The first-order chi connectivity index (χ1) is 19.1. The van der Waals surface area contributed by atoms with Crippen molar-refractivity contribution in [1.82, 2.24) is 5.32 Å². The zero-order chi connectivity index (χ0) is 31.0. The molecule has 4 rings (SSSR count). The molecule has 4 aliphatic rings. The van der Waals surface area contributed by atoms with Gasteiger partial charge in [0, 0.05) is 6.42 Å². The first kappa shape index (κ1) is 34.5. The molecule has 0 aromatic rings. The van der Waals surface area contributed by atoms with E-state index in [9.17, 15) is 4.79 Å². The van der Waals surface area contributed by atoms with Crippen molar-refractivity contribution >= 4 is 18.3 Å². The predicted molar refractivity (Wildman–Crippen MR) is 161 cm³/mol. The van der Waals surface area contributed by atoms with Crippen LogP contribution in [0.25, 0.3) is 0 Å². The van der Waals surface area contributed by atoms with Crippen LogP contribution in [0.2, 0.25) is 0 Å². The Morgan fingerprint density at radius 3 is 2.27 bits per heavy atom. The van der Waals surface area contributed by atoms with Gasteiger partial charge in [-0.2, -0.15) is 0 Å². The van der Waals surface area contributed by atoms with Crippen molar-refractivity contribution in [3.8, 4) is 0 Å². The summed E-state index contributed by atoms with van der Waals surface area (Å²) in [4.78, 5) is 29.5. The number of hydrogen-bond donors (Lipinski definition) is 5. The second-order valence-corrected chi connectivity index (χ2v) is 13.6. The molecule has 0 saturated heterocycles. The van der Waals surface area contributed by atoms with Crippen molar-refractivity contribution in [2.75, 3.05) is 0 Å². The maximum atomic E-state index is 11.9. The summed E-state index contributed by atoms with van der Waals surface area (Å²) in [7, 11) is 0. The summed E-state index contributed by atoms with van der Waals surface area (Å²) in [5, 5.41) is 17.0. The first-order valence-electron chi connectivity index (χ1n) is 15.4. The molecule has 234 valence electrons. The third-order valence-electron chi connectivity index (χ3n) is 10.8. The second-order valence-electron chi connectivity index (χ2n) is 13.6. The van der Waals surface area contributed by atoms with E-state index in [-0.39, 0.29) is 12.2 Å². The van der Waals surface area contributed by atoms with Gasteiger partial charge in [0.15, 0.2) is 0 Å². The van der Waals surface area contributed by atoms with Crippen LogP contribution in [0.4, 0.5) is 14.4 Å². The van der Waals surface area contributed by atoms with Gasteiger partial charge >= 0.3 is 18.3 Å². The highest BCUT2D eigenvalue weighted by Crippen LogP contribution is 2.67. The Morgan fingerprint density at radius 2 is 1.68 bits per heavy atom. The molecule has 4 unspecified atom stereocenters. The lowest BCUT2D eigenvalue weighted by molar-refractivity contribution is -0.0580. The van der Waals surface area contributed by atoms with E-state index in [0.717, 1.165) is 54.8 Å². The minimum Gasteiger partial charge on any atom is -0.465 e. The number of rotatable bonds is 7. The quantitative estimate of drug-likeness (QED) is 0.196. The van der Waals surface area contributed by atoms with Crippen molar-refractivity contribution in [1.29, 1.82) is 0 Å². The summed E-state index contributed by atoms with van der Waals surface area (Å²) in [6.07, 6.45) is 15.2. The largest absolute Gasteiger partial charge is 0.465 e. The molecule has 0 heterocycles. The van der Waals surface area contributed by atoms with E-state index in [1.807, 2.05) is 0 Å². The lowest BCUT2D eigenvalue weighted by Crippen LogP contribution is -2.51. The molecule has 4 aliphatic carbocycles. The van der Waals surface area contributed by atoms with Gasteiger partial charge in [-0.15, -0.1) is 0 Å². The van der Waals surface area contributed by atoms with Gasteiger partial charge in [0.2, 0.25) is 0 Å². The van der Waals surface area contributed by atoms with Crippen LogP contribution < -0.4 is 16.8 Å². The number of alkyl carbamates (subject to hydrolysis) is 1. The van der Waals surface area contributed by atoms with Crippen LogP contribution in [0.15, 0.2) is 24.4 Å². The number of primary amides is 2. The normalized spacial score (nSPS) is 34.0. The summed E-state index contributed by atoms with van der Waals surface area (Å²) in [5.74, 6) is 5.19. The number of ether oxygens (including phenoxy) is 1. The SMILES string of the molecule is C=CNC(=O)OC1CC[C@@]2(C)C(=CCC3C2CC[C@@]2(C)C3CC[C@@H]2[C@H](C)CCCC(C)C)C1.NC(=O)O.NC(=O)O. The zero-order valence-corrected chi connectivity index (χ0v) is 25.9. The van der Waals surface area contributed by atoms with E-state index in [1.165, 1.54) is 57.6 Å². The molecular weight excluding hydrogens is 522 g/mol. The Morgan fingerprint density at radius 1 is 1.05 bits per heavy atom. The highest BCUT2D eigenvalue weighted by Gasteiger charge is 2.59. The van der Waals surface area contributed by atoms with Gasteiger partial charge in [0.1, 0.15) is 6.10 Å². The molecule has 8 atom stereocenters. The van der Waals surface area contributed by atoms with Gasteiger partial charge in [0.05, 0.1) is 0 Å². The number of nitrogens with one attached hydrogen (secondary N) is 1. The summed E-state index contributed by atoms with van der Waals surface area (Å²) in [6.45, 7) is 16.1. The second kappa shape index (κ2) is 15.0. The fourth-order valence-corrected chi connectivity index (χ4v) is 9.02. The molecule has 7 N–H and O–H groups in total. The Kier molecular flexibility index (Phi) is 12.6. The molecule has 9 nitrogen and oxygen atoms in total. The summed E-state index contributed by atoms with van der Waals surface area (Å²) in [5.41, 5.74) is 10.5. The van der Waals surface area contributed by atoms with Gasteiger partial charge in [-0.25, -0.2) is 14.4 Å². The lowest BCUT2D eigenvalue weighted by atomic mass is 9.47. The number of amides is 3. The number of nitrogens with two attached hydrogens (primary N) is 2. The van der Waals surface area contributed by atoms with Gasteiger partial charge in [0.25, 0.3) is 0 Å². The zero-order valence-electron chi connectivity index (χ0n) is 25.9. The number of carbonyl (C=O) groups excluding carboxylic acids is 1. The molecule has 3 fully saturated rings. The maximum absolute atomic E-state index is 11.9. The Bertz CT molecular complexity index is 932. The molecule has 0 spiro atoms. The molecule has 3 amide bonds. The van der Waals surface area contributed by atoms with Crippen molar-refractivity contribution in [2.24, 2.45) is 57.8 Å².